The quantitative estimate of drug-likeness (QED) is 0.611. The van der Waals surface area contributed by atoms with E-state index in [2.05, 4.69) is 0 Å². The van der Waals surface area contributed by atoms with Crippen molar-refractivity contribution in [3.63, 3.8) is 0 Å². The van der Waals surface area contributed by atoms with Crippen molar-refractivity contribution in [1.29, 1.82) is 0 Å². The smallest absolute Gasteiger partial charge is 0.305 e. The summed E-state index contributed by atoms with van der Waals surface area (Å²) < 4.78 is 27.5. The summed E-state index contributed by atoms with van der Waals surface area (Å²) in [5.74, 6) is -3.66. The molecule has 1 amide bonds. The first-order valence-electron chi connectivity index (χ1n) is 5.85. The average Bonchev–Trinajstić information content (AvgIpc) is 2.38. The number of amides is 1. The summed E-state index contributed by atoms with van der Waals surface area (Å²) in [6.45, 7) is 0.110. The molecule has 1 aliphatic heterocycles. The van der Waals surface area contributed by atoms with E-state index in [1.165, 1.54) is 0 Å². The molecule has 0 saturated carbocycles. The molecule has 8 heteroatoms. The Morgan fingerprint density at radius 1 is 1.25 bits per heavy atom. The number of carbonyl (C=O) groups is 2. The Kier molecular flexibility index (Phi) is 3.73. The highest BCUT2D eigenvalue weighted by molar-refractivity contribution is 5.96. The van der Waals surface area contributed by atoms with Crippen LogP contribution in [0.5, 0.6) is 0 Å². The van der Waals surface area contributed by atoms with Crippen molar-refractivity contribution < 1.29 is 23.3 Å². The Labute approximate surface area is 112 Å². The number of nitro groups is 1. The summed E-state index contributed by atoms with van der Waals surface area (Å²) in [5.41, 5.74) is -1.91. The molecular formula is C12H10F2N2O4. The molecule has 0 spiro atoms. The zero-order chi connectivity index (χ0) is 14.9. The average molecular weight is 284 g/mol. The lowest BCUT2D eigenvalue weighted by Crippen LogP contribution is -2.39. The number of hydrogen-bond donors (Lipinski definition) is 0. The largest absolute Gasteiger partial charge is 0.338 e. The van der Waals surface area contributed by atoms with Crippen LogP contribution in [-0.4, -0.2) is 34.6 Å². The fraction of sp³-hybridized carbons (Fsp3) is 0.333. The molecule has 0 aromatic heterocycles. The molecule has 1 heterocycles. The molecule has 1 aromatic rings. The highest BCUT2D eigenvalue weighted by Gasteiger charge is 2.30. The lowest BCUT2D eigenvalue weighted by molar-refractivity contribution is -0.387. The first-order chi connectivity index (χ1) is 9.41. The number of hydrogen-bond acceptors (Lipinski definition) is 4. The molecule has 20 heavy (non-hydrogen) atoms. The molecule has 1 aliphatic rings. The molecule has 0 atom stereocenters. The number of piperidine rings is 1. The lowest BCUT2D eigenvalue weighted by atomic mass is 10.1. The topological polar surface area (TPSA) is 80.5 Å². The monoisotopic (exact) mass is 284 g/mol. The van der Waals surface area contributed by atoms with E-state index in [1.807, 2.05) is 0 Å². The van der Waals surface area contributed by atoms with Crippen molar-refractivity contribution in [2.75, 3.05) is 13.1 Å². The van der Waals surface area contributed by atoms with Crippen molar-refractivity contribution in [2.24, 2.45) is 0 Å². The molecule has 0 radical (unpaired) electrons. The van der Waals surface area contributed by atoms with Crippen molar-refractivity contribution in [1.82, 2.24) is 4.90 Å². The molecule has 0 unspecified atom stereocenters. The molecular weight excluding hydrogens is 274 g/mol. The number of nitro benzene ring substituents is 1. The van der Waals surface area contributed by atoms with Gasteiger partial charge in [-0.1, -0.05) is 0 Å². The van der Waals surface area contributed by atoms with Crippen LogP contribution in [0.4, 0.5) is 14.5 Å². The molecule has 106 valence electrons. The number of nitrogens with zero attached hydrogens (tertiary/aromatic N) is 2. The van der Waals surface area contributed by atoms with E-state index in [0.29, 0.717) is 12.1 Å². The highest BCUT2D eigenvalue weighted by atomic mass is 19.1. The maximum absolute atomic E-state index is 13.9. The molecule has 1 saturated heterocycles. The molecule has 1 fully saturated rings. The minimum atomic E-state index is -1.49. The van der Waals surface area contributed by atoms with Gasteiger partial charge < -0.3 is 4.90 Å². The molecule has 6 nitrogen and oxygen atoms in total. The zero-order valence-corrected chi connectivity index (χ0v) is 10.3. The van der Waals surface area contributed by atoms with Crippen molar-refractivity contribution in [3.8, 4) is 0 Å². The number of rotatable bonds is 2. The summed E-state index contributed by atoms with van der Waals surface area (Å²) in [6.07, 6.45) is 0.230. The number of halogens is 2. The van der Waals surface area contributed by atoms with Gasteiger partial charge in [0.15, 0.2) is 0 Å². The number of carbonyl (C=O) groups excluding carboxylic acids is 2. The third-order valence-electron chi connectivity index (χ3n) is 3.09. The molecule has 0 N–H and O–H groups in total. The van der Waals surface area contributed by atoms with Gasteiger partial charge in [-0.25, -0.2) is 4.39 Å². The third kappa shape index (κ3) is 2.49. The van der Waals surface area contributed by atoms with Crippen LogP contribution < -0.4 is 0 Å². The van der Waals surface area contributed by atoms with E-state index in [9.17, 15) is 28.5 Å². The standard InChI is InChI=1S/C12H10F2N2O4/c13-8-1-2-9(16(19)20)11(14)10(8)12(18)15-5-3-7(17)4-6-15/h1-2H,3-6H2. The van der Waals surface area contributed by atoms with Crippen molar-refractivity contribution in [3.05, 3.63) is 39.4 Å². The van der Waals surface area contributed by atoms with Crippen LogP contribution in [0.2, 0.25) is 0 Å². The van der Waals surface area contributed by atoms with Crippen LogP contribution in [0.15, 0.2) is 12.1 Å². The summed E-state index contributed by atoms with van der Waals surface area (Å²) in [6, 6.07) is 1.35. The maximum Gasteiger partial charge on any atom is 0.305 e. The number of Topliss-reactive ketones (excluding diaryl/α,β-unsaturated/α-hetero) is 1. The second-order valence-electron chi connectivity index (χ2n) is 4.34. The third-order valence-corrected chi connectivity index (χ3v) is 3.09. The Hall–Kier alpha value is -2.38. The fourth-order valence-electron chi connectivity index (χ4n) is 2.00. The van der Waals surface area contributed by atoms with Crippen LogP contribution in [0, 0.1) is 21.7 Å². The van der Waals surface area contributed by atoms with Crippen LogP contribution >= 0.6 is 0 Å². The Morgan fingerprint density at radius 3 is 2.40 bits per heavy atom. The maximum atomic E-state index is 13.9. The van der Waals surface area contributed by atoms with Gasteiger partial charge in [0.05, 0.1) is 4.92 Å². The van der Waals surface area contributed by atoms with Crippen molar-refractivity contribution >= 4 is 17.4 Å². The van der Waals surface area contributed by atoms with Gasteiger partial charge in [-0.15, -0.1) is 0 Å². The Bertz CT molecular complexity index is 593. The SMILES string of the molecule is O=C1CCN(C(=O)c2c(F)ccc([N+](=O)[O-])c2F)CC1. The van der Waals surface area contributed by atoms with Crippen LogP contribution in [0.25, 0.3) is 0 Å². The van der Waals surface area contributed by atoms with E-state index in [-0.39, 0.29) is 31.7 Å². The second kappa shape index (κ2) is 5.32. The normalized spacial score (nSPS) is 15.3. The van der Waals surface area contributed by atoms with E-state index in [0.717, 1.165) is 4.90 Å². The van der Waals surface area contributed by atoms with Gasteiger partial charge in [-0.2, -0.15) is 4.39 Å². The van der Waals surface area contributed by atoms with Gasteiger partial charge in [-0.05, 0) is 6.07 Å². The van der Waals surface area contributed by atoms with E-state index >= 15 is 0 Å². The van der Waals surface area contributed by atoms with Gasteiger partial charge in [0, 0.05) is 32.0 Å². The minimum absolute atomic E-state index is 0.0333. The molecule has 0 aliphatic carbocycles. The summed E-state index contributed by atoms with van der Waals surface area (Å²) >= 11 is 0. The number of benzene rings is 1. The predicted molar refractivity (Wildman–Crippen MR) is 63.2 cm³/mol. The molecule has 0 bridgehead atoms. The number of likely N-dealkylation sites (tertiary alicyclic amines) is 1. The van der Waals surface area contributed by atoms with Gasteiger partial charge >= 0.3 is 5.69 Å². The molecule has 2 rings (SSSR count). The predicted octanol–water partition coefficient (Wildman–Crippen LogP) is 1.68. The van der Waals surface area contributed by atoms with Gasteiger partial charge in [0.1, 0.15) is 17.2 Å². The highest BCUT2D eigenvalue weighted by Crippen LogP contribution is 2.25. The summed E-state index contributed by atoms with van der Waals surface area (Å²) in [7, 11) is 0. The van der Waals surface area contributed by atoms with E-state index in [1.54, 1.807) is 0 Å². The summed E-state index contributed by atoms with van der Waals surface area (Å²) in [4.78, 5) is 33.8. The van der Waals surface area contributed by atoms with Crippen molar-refractivity contribution in [2.45, 2.75) is 12.8 Å². The Morgan fingerprint density at radius 2 is 1.85 bits per heavy atom. The van der Waals surface area contributed by atoms with Gasteiger partial charge in [0.2, 0.25) is 5.82 Å². The van der Waals surface area contributed by atoms with Gasteiger partial charge in [0.25, 0.3) is 5.91 Å². The van der Waals surface area contributed by atoms with Crippen LogP contribution in [0.3, 0.4) is 0 Å². The zero-order valence-electron chi connectivity index (χ0n) is 10.3. The molecule has 1 aromatic carbocycles. The fourth-order valence-corrected chi connectivity index (χ4v) is 2.00. The lowest BCUT2D eigenvalue weighted by Gasteiger charge is -2.26. The summed E-state index contributed by atoms with van der Waals surface area (Å²) in [5, 5.41) is 10.6. The first-order valence-corrected chi connectivity index (χ1v) is 5.85. The van der Waals surface area contributed by atoms with E-state index in [4.69, 9.17) is 0 Å². The number of ketones is 1. The minimum Gasteiger partial charge on any atom is -0.338 e. The van der Waals surface area contributed by atoms with Crippen LogP contribution in [0.1, 0.15) is 23.2 Å². The first kappa shape index (κ1) is 14.0. The van der Waals surface area contributed by atoms with Crippen LogP contribution in [-0.2, 0) is 4.79 Å². The second-order valence-corrected chi connectivity index (χ2v) is 4.34. The Balaban J connectivity index is 2.36. The van der Waals surface area contributed by atoms with E-state index < -0.39 is 33.7 Å². The van der Waals surface area contributed by atoms with Gasteiger partial charge in [-0.3, -0.25) is 19.7 Å².